The fraction of sp³-hybridized carbons (Fsp3) is 0.538. The van der Waals surface area contributed by atoms with Gasteiger partial charge in [0.1, 0.15) is 0 Å². The van der Waals surface area contributed by atoms with Gasteiger partial charge in [0.15, 0.2) is 5.79 Å². The summed E-state index contributed by atoms with van der Waals surface area (Å²) in [5.41, 5.74) is 0. The molecular formula is C26H40O4Si. The molecule has 0 bridgehead atoms. The molecule has 2 aromatic rings. The van der Waals surface area contributed by atoms with Gasteiger partial charge in [-0.05, 0) is 29.3 Å². The fourth-order valence-corrected chi connectivity index (χ4v) is 9.02. The number of hydrogen-bond acceptors (Lipinski definition) is 4. The molecule has 0 radical (unpaired) electrons. The first-order chi connectivity index (χ1) is 14.7. The Balaban J connectivity index is 2.38. The lowest BCUT2D eigenvalue weighted by Gasteiger charge is -2.44. The summed E-state index contributed by atoms with van der Waals surface area (Å²) in [5.74, 6) is -0.736. The van der Waals surface area contributed by atoms with E-state index in [4.69, 9.17) is 18.6 Å². The standard InChI is InChI=1S/C26H40O4Si/c1-8-29-22(2)21-26(27-6,28-7)19-20-30-31(25(3,4)5,23-15-11-9-12-16-23)24-17-13-10-14-18-24/h9-18,22H,8,19-21H2,1-7H3. The van der Waals surface area contributed by atoms with E-state index in [0.717, 1.165) is 0 Å². The maximum absolute atomic E-state index is 7.01. The van der Waals surface area contributed by atoms with E-state index in [0.29, 0.717) is 26.1 Å². The molecule has 0 fully saturated rings. The highest BCUT2D eigenvalue weighted by molar-refractivity contribution is 6.99. The summed E-state index contributed by atoms with van der Waals surface area (Å²) < 4.78 is 24.5. The van der Waals surface area contributed by atoms with Gasteiger partial charge < -0.3 is 18.6 Å². The monoisotopic (exact) mass is 444 g/mol. The highest BCUT2D eigenvalue weighted by Gasteiger charge is 2.50. The topological polar surface area (TPSA) is 36.9 Å². The van der Waals surface area contributed by atoms with Gasteiger partial charge >= 0.3 is 0 Å². The molecule has 2 rings (SSSR count). The van der Waals surface area contributed by atoms with Crippen LogP contribution in [0.25, 0.3) is 0 Å². The van der Waals surface area contributed by atoms with Crippen molar-refractivity contribution in [1.29, 1.82) is 0 Å². The zero-order valence-electron chi connectivity index (χ0n) is 20.3. The molecule has 1 unspecified atom stereocenters. The molecule has 0 aliphatic carbocycles. The molecule has 1 atom stereocenters. The lowest BCUT2D eigenvalue weighted by Crippen LogP contribution is -2.66. The summed E-state index contributed by atoms with van der Waals surface area (Å²) in [6, 6.07) is 21.4. The zero-order valence-corrected chi connectivity index (χ0v) is 21.3. The Morgan fingerprint density at radius 1 is 0.839 bits per heavy atom. The molecule has 5 heteroatoms. The predicted molar refractivity (Wildman–Crippen MR) is 131 cm³/mol. The van der Waals surface area contributed by atoms with Gasteiger partial charge in [-0.3, -0.25) is 0 Å². The van der Waals surface area contributed by atoms with Gasteiger partial charge in [-0.15, -0.1) is 0 Å². The predicted octanol–water partition coefficient (Wildman–Crippen LogP) is 4.76. The van der Waals surface area contributed by atoms with Crippen LogP contribution in [0.1, 0.15) is 47.5 Å². The summed E-state index contributed by atoms with van der Waals surface area (Å²) in [4.78, 5) is 0. The molecule has 172 valence electrons. The Kier molecular flexibility index (Phi) is 9.46. The van der Waals surface area contributed by atoms with Gasteiger partial charge in [0.05, 0.1) is 6.10 Å². The van der Waals surface area contributed by atoms with E-state index in [-0.39, 0.29) is 11.1 Å². The Labute approximate surface area is 190 Å². The minimum Gasteiger partial charge on any atom is -0.407 e. The molecule has 0 aliphatic rings. The van der Waals surface area contributed by atoms with Crippen molar-refractivity contribution in [2.45, 2.75) is 64.4 Å². The molecule has 0 amide bonds. The fourth-order valence-electron chi connectivity index (χ4n) is 4.46. The Bertz CT molecular complexity index is 714. The average molecular weight is 445 g/mol. The second kappa shape index (κ2) is 11.4. The molecular weight excluding hydrogens is 404 g/mol. The zero-order chi connectivity index (χ0) is 23.0. The normalized spacial score (nSPS) is 13.9. The summed E-state index contributed by atoms with van der Waals surface area (Å²) in [7, 11) is 0.827. The van der Waals surface area contributed by atoms with Crippen molar-refractivity contribution in [1.82, 2.24) is 0 Å². The van der Waals surface area contributed by atoms with E-state index in [1.54, 1.807) is 14.2 Å². The molecule has 0 aliphatic heterocycles. The van der Waals surface area contributed by atoms with E-state index < -0.39 is 14.1 Å². The van der Waals surface area contributed by atoms with Crippen LogP contribution in [0.4, 0.5) is 0 Å². The Morgan fingerprint density at radius 3 is 1.71 bits per heavy atom. The van der Waals surface area contributed by atoms with Crippen LogP contribution in [0.5, 0.6) is 0 Å². The van der Waals surface area contributed by atoms with Crippen LogP contribution < -0.4 is 10.4 Å². The molecule has 4 nitrogen and oxygen atoms in total. The van der Waals surface area contributed by atoms with Crippen LogP contribution in [0.2, 0.25) is 5.04 Å². The molecule has 2 aromatic carbocycles. The number of methoxy groups -OCH3 is 2. The number of hydrogen-bond donors (Lipinski definition) is 0. The van der Waals surface area contributed by atoms with Crippen LogP contribution in [0.15, 0.2) is 60.7 Å². The molecule has 0 heterocycles. The van der Waals surface area contributed by atoms with E-state index in [1.165, 1.54) is 10.4 Å². The lowest BCUT2D eigenvalue weighted by molar-refractivity contribution is -0.230. The van der Waals surface area contributed by atoms with Gasteiger partial charge in [-0.2, -0.15) is 0 Å². The first-order valence-electron chi connectivity index (χ1n) is 11.2. The van der Waals surface area contributed by atoms with Gasteiger partial charge in [-0.1, -0.05) is 81.4 Å². The van der Waals surface area contributed by atoms with Crippen molar-refractivity contribution in [3.8, 4) is 0 Å². The van der Waals surface area contributed by atoms with Crippen LogP contribution in [0, 0.1) is 0 Å². The maximum Gasteiger partial charge on any atom is 0.261 e. The highest BCUT2D eigenvalue weighted by Crippen LogP contribution is 2.37. The lowest BCUT2D eigenvalue weighted by atomic mass is 10.1. The second-order valence-corrected chi connectivity index (χ2v) is 13.4. The van der Waals surface area contributed by atoms with E-state index in [2.05, 4.69) is 88.4 Å². The van der Waals surface area contributed by atoms with E-state index in [1.807, 2.05) is 6.92 Å². The third-order valence-corrected chi connectivity index (χ3v) is 11.1. The molecule has 0 N–H and O–H groups in total. The number of ether oxygens (including phenoxy) is 3. The van der Waals surface area contributed by atoms with E-state index >= 15 is 0 Å². The summed E-state index contributed by atoms with van der Waals surface area (Å²) in [6.45, 7) is 12.1. The van der Waals surface area contributed by atoms with Crippen LogP contribution in [-0.4, -0.2) is 47.6 Å². The minimum absolute atomic E-state index is 0.0396. The summed E-state index contributed by atoms with van der Waals surface area (Å²) >= 11 is 0. The third kappa shape index (κ3) is 6.05. The smallest absolute Gasteiger partial charge is 0.261 e. The summed E-state index contributed by atoms with van der Waals surface area (Å²) in [6.07, 6.45) is 1.32. The van der Waals surface area contributed by atoms with Crippen LogP contribution in [-0.2, 0) is 18.6 Å². The first kappa shape index (κ1) is 25.8. The first-order valence-corrected chi connectivity index (χ1v) is 13.1. The van der Waals surface area contributed by atoms with Crippen LogP contribution in [0.3, 0.4) is 0 Å². The second-order valence-electron chi connectivity index (χ2n) is 9.05. The molecule has 31 heavy (non-hydrogen) atoms. The van der Waals surface area contributed by atoms with E-state index in [9.17, 15) is 0 Å². The van der Waals surface area contributed by atoms with Crippen molar-refractivity contribution in [3.05, 3.63) is 60.7 Å². The third-order valence-electron chi connectivity index (χ3n) is 6.01. The maximum atomic E-state index is 7.01. The molecule has 0 saturated carbocycles. The molecule has 0 saturated heterocycles. The SMILES string of the molecule is CCOC(C)CC(CCO[Si](c1ccccc1)(c1ccccc1)C(C)(C)C)(OC)OC. The number of rotatable bonds is 12. The summed E-state index contributed by atoms with van der Waals surface area (Å²) in [5, 5.41) is 2.49. The van der Waals surface area contributed by atoms with Gasteiger partial charge in [0, 0.05) is 40.3 Å². The molecule has 0 aromatic heterocycles. The highest BCUT2D eigenvalue weighted by atomic mass is 28.4. The van der Waals surface area contributed by atoms with Crippen molar-refractivity contribution < 1.29 is 18.6 Å². The van der Waals surface area contributed by atoms with Gasteiger partial charge in [0.2, 0.25) is 0 Å². The van der Waals surface area contributed by atoms with Crippen LogP contribution >= 0.6 is 0 Å². The van der Waals surface area contributed by atoms with Crippen molar-refractivity contribution in [3.63, 3.8) is 0 Å². The largest absolute Gasteiger partial charge is 0.407 e. The van der Waals surface area contributed by atoms with Crippen molar-refractivity contribution >= 4 is 18.7 Å². The Hall–Kier alpha value is -1.50. The van der Waals surface area contributed by atoms with Crippen molar-refractivity contribution in [2.75, 3.05) is 27.4 Å². The van der Waals surface area contributed by atoms with Gasteiger partial charge in [0.25, 0.3) is 8.32 Å². The van der Waals surface area contributed by atoms with Gasteiger partial charge in [-0.25, -0.2) is 0 Å². The Morgan fingerprint density at radius 2 is 1.32 bits per heavy atom. The number of benzene rings is 2. The average Bonchev–Trinajstić information content (AvgIpc) is 2.76. The minimum atomic E-state index is -2.57. The quantitative estimate of drug-likeness (QED) is 0.349. The van der Waals surface area contributed by atoms with Crippen molar-refractivity contribution in [2.24, 2.45) is 0 Å². The molecule has 0 spiro atoms.